The van der Waals surface area contributed by atoms with Crippen LogP contribution < -0.4 is 4.74 Å². The first-order valence-electron chi connectivity index (χ1n) is 4.35. The van der Waals surface area contributed by atoms with E-state index in [1.54, 1.807) is 6.07 Å². The van der Waals surface area contributed by atoms with Gasteiger partial charge in [-0.25, -0.2) is 0 Å². The number of pyridine rings is 1. The highest BCUT2D eigenvalue weighted by molar-refractivity contribution is 6.30. The maximum Gasteiger partial charge on any atom is 0.172 e. The molecule has 0 aromatic carbocycles. The van der Waals surface area contributed by atoms with Crippen molar-refractivity contribution >= 4 is 17.4 Å². The van der Waals surface area contributed by atoms with Gasteiger partial charge in [0.05, 0.1) is 11.2 Å². The van der Waals surface area contributed by atoms with Crippen molar-refractivity contribution in [2.24, 2.45) is 5.92 Å². The van der Waals surface area contributed by atoms with Crippen LogP contribution in [0.3, 0.4) is 0 Å². The minimum atomic E-state index is -0.0119. The number of hydrogen-bond donors (Lipinski definition) is 0. The third-order valence-electron chi connectivity index (χ3n) is 1.70. The Labute approximate surface area is 88.1 Å². The average molecular weight is 214 g/mol. The van der Waals surface area contributed by atoms with E-state index in [1.165, 1.54) is 12.4 Å². The van der Waals surface area contributed by atoms with Gasteiger partial charge in [0.2, 0.25) is 0 Å². The predicted molar refractivity (Wildman–Crippen MR) is 54.6 cm³/mol. The van der Waals surface area contributed by atoms with Gasteiger partial charge in [0.25, 0.3) is 0 Å². The molecule has 0 aliphatic rings. The van der Waals surface area contributed by atoms with Crippen molar-refractivity contribution in [1.82, 2.24) is 4.98 Å². The fourth-order valence-electron chi connectivity index (χ4n) is 0.792. The summed E-state index contributed by atoms with van der Waals surface area (Å²) in [7, 11) is 0. The number of ether oxygens (including phenoxy) is 1. The normalized spacial score (nSPS) is 10.3. The van der Waals surface area contributed by atoms with Crippen LogP contribution in [0.4, 0.5) is 0 Å². The number of carbonyl (C=O) groups excluding carboxylic acids is 1. The van der Waals surface area contributed by atoms with Crippen LogP contribution >= 0.6 is 11.6 Å². The standard InChI is InChI=1S/C10H12ClNO2/c1-7(2)10(13)6-14-9-3-8(11)4-12-5-9/h3-5,7H,6H2,1-2H3. The summed E-state index contributed by atoms with van der Waals surface area (Å²) in [6.45, 7) is 3.74. The smallest absolute Gasteiger partial charge is 0.172 e. The van der Waals surface area contributed by atoms with E-state index in [0.29, 0.717) is 10.8 Å². The Bertz CT molecular complexity index is 326. The van der Waals surface area contributed by atoms with E-state index in [4.69, 9.17) is 16.3 Å². The van der Waals surface area contributed by atoms with Crippen LogP contribution in [0.1, 0.15) is 13.8 Å². The van der Waals surface area contributed by atoms with E-state index in [0.717, 1.165) is 0 Å². The number of ketones is 1. The first kappa shape index (κ1) is 11.0. The van der Waals surface area contributed by atoms with Crippen LogP contribution in [0.5, 0.6) is 5.75 Å². The van der Waals surface area contributed by atoms with Crippen LogP contribution in [0.15, 0.2) is 18.5 Å². The molecule has 0 fully saturated rings. The van der Waals surface area contributed by atoms with Crippen molar-refractivity contribution in [2.75, 3.05) is 6.61 Å². The molecule has 0 unspecified atom stereocenters. The van der Waals surface area contributed by atoms with E-state index < -0.39 is 0 Å². The van der Waals surface area contributed by atoms with Crippen molar-refractivity contribution in [3.63, 3.8) is 0 Å². The topological polar surface area (TPSA) is 39.2 Å². The van der Waals surface area contributed by atoms with Crippen LogP contribution in [-0.4, -0.2) is 17.4 Å². The molecule has 0 amide bonds. The first-order valence-corrected chi connectivity index (χ1v) is 4.73. The Kier molecular flexibility index (Phi) is 3.89. The Morgan fingerprint density at radius 2 is 2.29 bits per heavy atom. The second-order valence-corrected chi connectivity index (χ2v) is 3.68. The quantitative estimate of drug-likeness (QED) is 0.771. The summed E-state index contributed by atoms with van der Waals surface area (Å²) in [5.41, 5.74) is 0. The van der Waals surface area contributed by atoms with Gasteiger partial charge >= 0.3 is 0 Å². The lowest BCUT2D eigenvalue weighted by Crippen LogP contribution is -2.16. The molecule has 1 aromatic heterocycles. The third kappa shape index (κ3) is 3.34. The molecule has 3 nitrogen and oxygen atoms in total. The van der Waals surface area contributed by atoms with Crippen molar-refractivity contribution in [1.29, 1.82) is 0 Å². The molecule has 0 spiro atoms. The summed E-state index contributed by atoms with van der Waals surface area (Å²) in [6.07, 6.45) is 3.04. The van der Waals surface area contributed by atoms with Gasteiger partial charge in [0.15, 0.2) is 5.78 Å². The maximum absolute atomic E-state index is 11.2. The number of carbonyl (C=O) groups is 1. The largest absolute Gasteiger partial charge is 0.484 e. The van der Waals surface area contributed by atoms with Gasteiger partial charge < -0.3 is 4.74 Å². The minimum Gasteiger partial charge on any atom is -0.484 e. The summed E-state index contributed by atoms with van der Waals surface area (Å²) in [6, 6.07) is 1.63. The number of nitrogens with zero attached hydrogens (tertiary/aromatic N) is 1. The van der Waals surface area contributed by atoms with Crippen LogP contribution in [0.25, 0.3) is 0 Å². The number of Topliss-reactive ketones (excluding diaryl/α,β-unsaturated/α-hetero) is 1. The zero-order chi connectivity index (χ0) is 10.6. The minimum absolute atomic E-state index is 0.0119. The second-order valence-electron chi connectivity index (χ2n) is 3.25. The molecular weight excluding hydrogens is 202 g/mol. The van der Waals surface area contributed by atoms with Crippen molar-refractivity contribution < 1.29 is 9.53 Å². The Hall–Kier alpha value is -1.09. The van der Waals surface area contributed by atoms with Gasteiger partial charge in [0.1, 0.15) is 12.4 Å². The molecular formula is C10H12ClNO2. The molecule has 0 atom stereocenters. The van der Waals surface area contributed by atoms with Gasteiger partial charge in [-0.1, -0.05) is 25.4 Å². The average Bonchev–Trinajstić information content (AvgIpc) is 2.14. The molecule has 0 saturated heterocycles. The Morgan fingerprint density at radius 1 is 1.57 bits per heavy atom. The van der Waals surface area contributed by atoms with E-state index in [9.17, 15) is 4.79 Å². The highest BCUT2D eigenvalue weighted by atomic mass is 35.5. The first-order chi connectivity index (χ1) is 6.59. The monoisotopic (exact) mass is 213 g/mol. The molecule has 1 aromatic rings. The molecule has 4 heteroatoms. The number of rotatable bonds is 4. The van der Waals surface area contributed by atoms with Crippen LogP contribution in [-0.2, 0) is 4.79 Å². The SMILES string of the molecule is CC(C)C(=O)COc1cncc(Cl)c1. The Balaban J connectivity index is 2.50. The molecule has 1 heterocycles. The molecule has 0 bridgehead atoms. The predicted octanol–water partition coefficient (Wildman–Crippen LogP) is 2.34. The van der Waals surface area contributed by atoms with E-state index in [2.05, 4.69) is 4.98 Å². The summed E-state index contributed by atoms with van der Waals surface area (Å²) in [5, 5.41) is 0.500. The zero-order valence-corrected chi connectivity index (χ0v) is 8.91. The van der Waals surface area contributed by atoms with E-state index in [-0.39, 0.29) is 18.3 Å². The summed E-state index contributed by atoms with van der Waals surface area (Å²) in [5.74, 6) is 0.568. The molecule has 76 valence electrons. The molecule has 0 radical (unpaired) electrons. The molecule has 0 saturated carbocycles. The summed E-state index contributed by atoms with van der Waals surface area (Å²) < 4.78 is 5.21. The number of aromatic nitrogens is 1. The van der Waals surface area contributed by atoms with Gasteiger partial charge in [0, 0.05) is 18.2 Å². The van der Waals surface area contributed by atoms with Crippen molar-refractivity contribution in [2.45, 2.75) is 13.8 Å². The van der Waals surface area contributed by atoms with Crippen LogP contribution in [0, 0.1) is 5.92 Å². The molecule has 0 aliphatic heterocycles. The lowest BCUT2D eigenvalue weighted by atomic mass is 10.1. The second kappa shape index (κ2) is 4.96. The highest BCUT2D eigenvalue weighted by Gasteiger charge is 2.07. The third-order valence-corrected chi connectivity index (χ3v) is 1.91. The molecule has 14 heavy (non-hydrogen) atoms. The molecule has 0 aliphatic carbocycles. The fourth-order valence-corrected chi connectivity index (χ4v) is 0.956. The van der Waals surface area contributed by atoms with Crippen molar-refractivity contribution in [3.8, 4) is 5.75 Å². The lowest BCUT2D eigenvalue weighted by molar-refractivity contribution is -0.123. The summed E-state index contributed by atoms with van der Waals surface area (Å²) in [4.78, 5) is 15.1. The van der Waals surface area contributed by atoms with Gasteiger partial charge in [-0.05, 0) is 0 Å². The molecule has 0 N–H and O–H groups in total. The summed E-state index contributed by atoms with van der Waals surface area (Å²) >= 11 is 5.70. The highest BCUT2D eigenvalue weighted by Crippen LogP contribution is 2.15. The zero-order valence-electron chi connectivity index (χ0n) is 8.16. The van der Waals surface area contributed by atoms with Gasteiger partial charge in [-0.2, -0.15) is 0 Å². The fraction of sp³-hybridized carbons (Fsp3) is 0.400. The van der Waals surface area contributed by atoms with Gasteiger partial charge in [-0.3, -0.25) is 9.78 Å². The van der Waals surface area contributed by atoms with Crippen molar-refractivity contribution in [3.05, 3.63) is 23.5 Å². The number of halogens is 1. The van der Waals surface area contributed by atoms with Crippen LogP contribution in [0.2, 0.25) is 5.02 Å². The Morgan fingerprint density at radius 3 is 2.86 bits per heavy atom. The van der Waals surface area contributed by atoms with E-state index >= 15 is 0 Å². The maximum atomic E-state index is 11.2. The van der Waals surface area contributed by atoms with E-state index in [1.807, 2.05) is 13.8 Å². The van der Waals surface area contributed by atoms with Gasteiger partial charge in [-0.15, -0.1) is 0 Å². The lowest BCUT2D eigenvalue weighted by Gasteiger charge is -2.06. The number of hydrogen-bond acceptors (Lipinski definition) is 3. The molecule has 1 rings (SSSR count).